The highest BCUT2D eigenvalue weighted by atomic mass is 32.1. The fourth-order valence-corrected chi connectivity index (χ4v) is 4.31. The topological polar surface area (TPSA) is 33.9 Å². The van der Waals surface area contributed by atoms with Gasteiger partial charge in [-0.2, -0.15) is 0 Å². The lowest BCUT2D eigenvalue weighted by molar-refractivity contribution is -0.906. The first-order valence-corrected chi connectivity index (χ1v) is 10.1. The first-order chi connectivity index (χ1) is 12.1. The largest absolute Gasteiger partial charge is 0.370 e. The number of aromatic nitrogens is 1. The van der Waals surface area contributed by atoms with E-state index in [1.807, 2.05) is 0 Å². The van der Waals surface area contributed by atoms with Crippen molar-refractivity contribution in [1.82, 2.24) is 14.8 Å². The highest BCUT2D eigenvalue weighted by Gasteiger charge is 2.28. The van der Waals surface area contributed by atoms with Crippen LogP contribution in [0.5, 0.6) is 0 Å². The fraction of sp³-hybridized carbons (Fsp3) is 0.737. The molecule has 2 N–H and O–H groups in total. The summed E-state index contributed by atoms with van der Waals surface area (Å²) < 4.78 is 7.68. The van der Waals surface area contributed by atoms with Crippen LogP contribution in [0, 0.1) is 5.92 Å². The Hall–Kier alpha value is -1.11. The van der Waals surface area contributed by atoms with E-state index >= 15 is 0 Å². The average molecular weight is 366 g/mol. The summed E-state index contributed by atoms with van der Waals surface area (Å²) >= 11 is 5.81. The third kappa shape index (κ3) is 4.96. The maximum atomic E-state index is 5.81. The van der Waals surface area contributed by atoms with Gasteiger partial charge in [-0.3, -0.25) is 0 Å². The second kappa shape index (κ2) is 9.01. The third-order valence-electron chi connectivity index (χ3n) is 5.71. The number of nitrogens with one attached hydrogen (secondary N) is 2. The second-order valence-electron chi connectivity index (χ2n) is 7.57. The van der Waals surface area contributed by atoms with Gasteiger partial charge in [0.1, 0.15) is 13.1 Å². The van der Waals surface area contributed by atoms with Gasteiger partial charge < -0.3 is 24.4 Å². The highest BCUT2D eigenvalue weighted by Crippen LogP contribution is 2.32. The Labute approximate surface area is 157 Å². The molecule has 2 saturated heterocycles. The van der Waals surface area contributed by atoms with Gasteiger partial charge in [-0.25, -0.2) is 0 Å². The summed E-state index contributed by atoms with van der Waals surface area (Å²) in [6.45, 7) is 9.47. The molecule has 0 saturated carbocycles. The first-order valence-electron chi connectivity index (χ1n) is 9.72. The molecule has 0 radical (unpaired) electrons. The van der Waals surface area contributed by atoms with Gasteiger partial charge >= 0.3 is 0 Å². The lowest BCUT2D eigenvalue weighted by atomic mass is 10.0. The molecule has 0 bridgehead atoms. The van der Waals surface area contributed by atoms with Crippen molar-refractivity contribution >= 4 is 17.3 Å². The zero-order valence-electron chi connectivity index (χ0n) is 15.7. The zero-order chi connectivity index (χ0) is 17.6. The SMILES string of the molecule is C[C@@H]1CC[C@@H](c2cccn2C)N(C(=S)NCC[NH+]2CCOCC2)CC1. The molecule has 1 aromatic heterocycles. The number of hydrogen-bond donors (Lipinski definition) is 2. The molecule has 0 spiro atoms. The van der Waals surface area contributed by atoms with Crippen LogP contribution in [-0.2, 0) is 11.8 Å². The standard InChI is InChI=1S/C19H32N4OS/c1-16-5-6-18(17-4-3-9-21(17)2)23(10-7-16)19(25)20-8-11-22-12-14-24-15-13-22/h3-4,9,16,18H,5-8,10-15H2,1-2H3,(H,20,25)/p+1/t16-,18+/m1/s1. The van der Waals surface area contributed by atoms with Crippen molar-refractivity contribution in [2.75, 3.05) is 45.9 Å². The van der Waals surface area contributed by atoms with E-state index < -0.39 is 0 Å². The summed E-state index contributed by atoms with van der Waals surface area (Å²) in [7, 11) is 2.14. The molecule has 2 aliphatic heterocycles. The molecule has 3 heterocycles. The molecular formula is C19H33N4OS+. The van der Waals surface area contributed by atoms with Gasteiger partial charge in [0.25, 0.3) is 0 Å². The van der Waals surface area contributed by atoms with E-state index in [9.17, 15) is 0 Å². The number of likely N-dealkylation sites (tertiary alicyclic amines) is 1. The van der Waals surface area contributed by atoms with Crippen LogP contribution < -0.4 is 10.2 Å². The van der Waals surface area contributed by atoms with Crippen molar-refractivity contribution in [3.05, 3.63) is 24.0 Å². The zero-order valence-corrected chi connectivity index (χ0v) is 16.5. The van der Waals surface area contributed by atoms with E-state index in [4.69, 9.17) is 17.0 Å². The monoisotopic (exact) mass is 365 g/mol. The van der Waals surface area contributed by atoms with Gasteiger partial charge in [-0.05, 0) is 49.5 Å². The van der Waals surface area contributed by atoms with E-state index in [0.29, 0.717) is 6.04 Å². The molecule has 0 aromatic carbocycles. The molecule has 0 amide bonds. The molecule has 3 rings (SSSR count). The van der Waals surface area contributed by atoms with E-state index in [-0.39, 0.29) is 0 Å². The lowest BCUT2D eigenvalue weighted by Crippen LogP contribution is -3.14. The van der Waals surface area contributed by atoms with E-state index in [1.165, 1.54) is 25.0 Å². The molecule has 0 unspecified atom stereocenters. The quantitative estimate of drug-likeness (QED) is 0.780. The molecular weight excluding hydrogens is 332 g/mol. The average Bonchev–Trinajstić information content (AvgIpc) is 2.94. The van der Waals surface area contributed by atoms with E-state index in [2.05, 4.69) is 47.1 Å². The number of nitrogens with zero attached hydrogens (tertiary/aromatic N) is 2. The minimum atomic E-state index is 0.390. The van der Waals surface area contributed by atoms with Crippen LogP contribution in [-0.4, -0.2) is 60.5 Å². The van der Waals surface area contributed by atoms with Crippen molar-refractivity contribution in [2.45, 2.75) is 32.2 Å². The third-order valence-corrected chi connectivity index (χ3v) is 6.09. The molecule has 6 heteroatoms. The Kier molecular flexibility index (Phi) is 6.73. The van der Waals surface area contributed by atoms with Gasteiger partial charge in [-0.1, -0.05) is 6.92 Å². The molecule has 1 aromatic rings. The predicted molar refractivity (Wildman–Crippen MR) is 105 cm³/mol. The van der Waals surface area contributed by atoms with Crippen molar-refractivity contribution in [2.24, 2.45) is 13.0 Å². The van der Waals surface area contributed by atoms with Crippen molar-refractivity contribution in [3.8, 4) is 0 Å². The number of rotatable bonds is 4. The molecule has 25 heavy (non-hydrogen) atoms. The smallest absolute Gasteiger partial charge is 0.169 e. The molecule has 5 nitrogen and oxygen atoms in total. The molecule has 2 atom stereocenters. The maximum Gasteiger partial charge on any atom is 0.169 e. The number of thiocarbonyl (C=S) groups is 1. The van der Waals surface area contributed by atoms with Gasteiger partial charge in [0.15, 0.2) is 5.11 Å². The number of morpholine rings is 1. The maximum absolute atomic E-state index is 5.81. The minimum Gasteiger partial charge on any atom is -0.370 e. The lowest BCUT2D eigenvalue weighted by Gasteiger charge is -2.33. The van der Waals surface area contributed by atoms with E-state index in [0.717, 1.165) is 57.0 Å². The number of ether oxygens (including phenoxy) is 1. The van der Waals surface area contributed by atoms with Gasteiger partial charge in [0.05, 0.1) is 32.3 Å². The van der Waals surface area contributed by atoms with Gasteiger partial charge in [0, 0.05) is 25.5 Å². The van der Waals surface area contributed by atoms with Gasteiger partial charge in [-0.15, -0.1) is 0 Å². The molecule has 140 valence electrons. The van der Waals surface area contributed by atoms with Crippen molar-refractivity contribution < 1.29 is 9.64 Å². The Balaban J connectivity index is 1.59. The Morgan fingerprint density at radius 3 is 2.84 bits per heavy atom. The number of quaternary nitrogens is 1. The van der Waals surface area contributed by atoms with Crippen molar-refractivity contribution in [1.29, 1.82) is 0 Å². The summed E-state index contributed by atoms with van der Waals surface area (Å²) in [6.07, 6.45) is 5.81. The minimum absolute atomic E-state index is 0.390. The normalized spacial score (nSPS) is 25.6. The summed E-state index contributed by atoms with van der Waals surface area (Å²) in [4.78, 5) is 4.05. The predicted octanol–water partition coefficient (Wildman–Crippen LogP) is 0.978. The fourth-order valence-electron chi connectivity index (χ4n) is 3.99. The highest BCUT2D eigenvalue weighted by molar-refractivity contribution is 7.80. The Bertz CT molecular complexity index is 555. The molecule has 2 fully saturated rings. The van der Waals surface area contributed by atoms with E-state index in [1.54, 1.807) is 4.90 Å². The summed E-state index contributed by atoms with van der Waals surface area (Å²) in [5.41, 5.74) is 1.37. The Morgan fingerprint density at radius 2 is 2.12 bits per heavy atom. The molecule has 0 aliphatic carbocycles. The number of hydrogen-bond acceptors (Lipinski definition) is 2. The van der Waals surface area contributed by atoms with Crippen LogP contribution in [0.3, 0.4) is 0 Å². The van der Waals surface area contributed by atoms with Crippen LogP contribution >= 0.6 is 12.2 Å². The summed E-state index contributed by atoms with van der Waals surface area (Å²) in [6, 6.07) is 4.77. The second-order valence-corrected chi connectivity index (χ2v) is 7.96. The summed E-state index contributed by atoms with van der Waals surface area (Å²) in [5.74, 6) is 0.772. The van der Waals surface area contributed by atoms with Crippen LogP contribution in [0.4, 0.5) is 0 Å². The van der Waals surface area contributed by atoms with Crippen molar-refractivity contribution in [3.63, 3.8) is 0 Å². The van der Waals surface area contributed by atoms with Gasteiger partial charge in [0.2, 0.25) is 0 Å². The van der Waals surface area contributed by atoms with Crippen LogP contribution in [0.2, 0.25) is 0 Å². The number of aryl methyl sites for hydroxylation is 1. The summed E-state index contributed by atoms with van der Waals surface area (Å²) in [5, 5.41) is 4.46. The van der Waals surface area contributed by atoms with Crippen LogP contribution in [0.15, 0.2) is 18.3 Å². The molecule has 2 aliphatic rings. The van der Waals surface area contributed by atoms with Crippen LogP contribution in [0.1, 0.15) is 37.9 Å². The first kappa shape index (κ1) is 18.7. The Morgan fingerprint density at radius 1 is 1.32 bits per heavy atom. The van der Waals surface area contributed by atoms with Crippen LogP contribution in [0.25, 0.3) is 0 Å².